The highest BCUT2D eigenvalue weighted by Crippen LogP contribution is 2.19. The molecule has 1 heterocycles. The van der Waals surface area contributed by atoms with Gasteiger partial charge in [0.15, 0.2) is 0 Å². The largest absolute Gasteiger partial charge is 0.303 e. The molecule has 1 aliphatic heterocycles. The lowest BCUT2D eigenvalue weighted by atomic mass is 10.6. The maximum absolute atomic E-state index is 3.98. The van der Waals surface area contributed by atoms with E-state index in [1.165, 1.54) is 11.9 Å². The van der Waals surface area contributed by atoms with Crippen LogP contribution in [0.5, 0.6) is 0 Å². The average molecular weight is 134 g/mol. The summed E-state index contributed by atoms with van der Waals surface area (Å²) in [4.78, 5) is 0. The monoisotopic (exact) mass is 134 g/mol. The van der Waals surface area contributed by atoms with Crippen LogP contribution in [0.25, 0.3) is 0 Å². The van der Waals surface area contributed by atoms with Gasteiger partial charge in [-0.25, -0.2) is 0 Å². The fourth-order valence-electron chi connectivity index (χ4n) is 0.333. The molecule has 1 aliphatic rings. The minimum absolute atomic E-state index is 1.14. The first-order valence-corrected chi connectivity index (χ1v) is 3.12. The van der Waals surface area contributed by atoms with Gasteiger partial charge in [0.1, 0.15) is 0 Å². The third-order valence-electron chi connectivity index (χ3n) is 0.601. The first-order chi connectivity index (χ1) is 3.29. The zero-order valence-electron chi connectivity index (χ0n) is 3.88. The molecule has 4 heteroatoms. The van der Waals surface area contributed by atoms with Crippen molar-refractivity contribution in [2.75, 3.05) is 0 Å². The van der Waals surface area contributed by atoms with Gasteiger partial charge < -0.3 is 5.43 Å². The van der Waals surface area contributed by atoms with Gasteiger partial charge in [-0.3, -0.25) is 0 Å². The SMILES string of the molecule is CC1=CSN(S)N1. The van der Waals surface area contributed by atoms with E-state index in [9.17, 15) is 0 Å². The Kier molecular flexibility index (Phi) is 1.51. The number of thiol groups is 1. The van der Waals surface area contributed by atoms with Crippen LogP contribution in [0.2, 0.25) is 0 Å². The van der Waals surface area contributed by atoms with Gasteiger partial charge in [0.05, 0.1) is 0 Å². The molecular weight excluding hydrogens is 128 g/mol. The van der Waals surface area contributed by atoms with Crippen LogP contribution in [0.3, 0.4) is 0 Å². The second-order valence-electron chi connectivity index (χ2n) is 1.29. The summed E-state index contributed by atoms with van der Waals surface area (Å²) in [5.74, 6) is 0. The Morgan fingerprint density at radius 3 is 2.86 bits per heavy atom. The molecule has 1 N–H and O–H groups in total. The van der Waals surface area contributed by atoms with E-state index < -0.39 is 0 Å². The van der Waals surface area contributed by atoms with E-state index in [0.29, 0.717) is 0 Å². The molecule has 40 valence electrons. The molecule has 2 nitrogen and oxygen atoms in total. The molecule has 0 aliphatic carbocycles. The Morgan fingerprint density at radius 2 is 2.71 bits per heavy atom. The minimum Gasteiger partial charge on any atom is -0.303 e. The van der Waals surface area contributed by atoms with E-state index in [-0.39, 0.29) is 0 Å². The highest BCUT2D eigenvalue weighted by atomic mass is 32.2. The van der Waals surface area contributed by atoms with Crippen molar-refractivity contribution in [3.05, 3.63) is 11.1 Å². The lowest BCUT2D eigenvalue weighted by Gasteiger charge is -2.03. The van der Waals surface area contributed by atoms with Crippen LogP contribution in [0.1, 0.15) is 6.92 Å². The smallest absolute Gasteiger partial charge is 0.0328 e. The predicted molar refractivity (Wildman–Crippen MR) is 35.3 cm³/mol. The fraction of sp³-hybridized carbons (Fsp3) is 0.333. The Hall–Kier alpha value is 0.200. The van der Waals surface area contributed by atoms with E-state index >= 15 is 0 Å². The summed E-state index contributed by atoms with van der Waals surface area (Å²) >= 11 is 5.51. The lowest BCUT2D eigenvalue weighted by molar-refractivity contribution is 0.640. The molecule has 0 saturated heterocycles. The van der Waals surface area contributed by atoms with Crippen LogP contribution in [0, 0.1) is 0 Å². The summed E-state index contributed by atoms with van der Waals surface area (Å²) in [5, 5.41) is 1.99. The van der Waals surface area contributed by atoms with Crippen molar-refractivity contribution in [3.8, 4) is 0 Å². The highest BCUT2D eigenvalue weighted by molar-refractivity contribution is 8.07. The first kappa shape index (κ1) is 5.34. The summed E-state index contributed by atoms with van der Waals surface area (Å²) in [6.45, 7) is 1.99. The lowest BCUT2D eigenvalue weighted by Crippen LogP contribution is -2.15. The quantitative estimate of drug-likeness (QED) is 0.382. The Labute approximate surface area is 52.6 Å². The van der Waals surface area contributed by atoms with Gasteiger partial charge in [-0.05, 0) is 18.9 Å². The Bertz CT molecular complexity index is 101. The predicted octanol–water partition coefficient (Wildman–Crippen LogP) is 1.16. The number of hydrogen-bond donors (Lipinski definition) is 2. The number of hydrazine groups is 1. The number of hydrogen-bond acceptors (Lipinski definition) is 4. The van der Waals surface area contributed by atoms with Crippen LogP contribution in [-0.2, 0) is 0 Å². The number of nitrogens with zero attached hydrogens (tertiary/aromatic N) is 1. The zero-order chi connectivity index (χ0) is 5.28. The second kappa shape index (κ2) is 1.98. The molecule has 0 fully saturated rings. The molecule has 7 heavy (non-hydrogen) atoms. The summed E-state index contributed by atoms with van der Waals surface area (Å²) in [6.07, 6.45) is 0. The Balaban J connectivity index is 2.42. The standard InChI is InChI=1S/C3H6N2S2/c1-3-2-7-5(6)4-3/h2,4,6H,1H3. The van der Waals surface area contributed by atoms with E-state index in [1.807, 2.05) is 12.3 Å². The molecule has 0 radical (unpaired) electrons. The van der Waals surface area contributed by atoms with Crippen molar-refractivity contribution in [1.82, 2.24) is 9.25 Å². The first-order valence-electron chi connectivity index (χ1n) is 1.88. The van der Waals surface area contributed by atoms with E-state index in [0.717, 1.165) is 5.70 Å². The molecule has 0 atom stereocenters. The van der Waals surface area contributed by atoms with Crippen molar-refractivity contribution < 1.29 is 0 Å². The molecule has 0 aromatic rings. The van der Waals surface area contributed by atoms with Crippen LogP contribution in [0.4, 0.5) is 0 Å². The third kappa shape index (κ3) is 1.29. The molecule has 0 aromatic heterocycles. The third-order valence-corrected chi connectivity index (χ3v) is 1.73. The van der Waals surface area contributed by atoms with Gasteiger partial charge in [-0.1, -0.05) is 12.8 Å². The van der Waals surface area contributed by atoms with Crippen molar-refractivity contribution in [2.45, 2.75) is 6.92 Å². The zero-order valence-corrected chi connectivity index (χ0v) is 5.59. The van der Waals surface area contributed by atoms with E-state index in [4.69, 9.17) is 0 Å². The highest BCUT2D eigenvalue weighted by Gasteiger charge is 2.03. The molecule has 0 saturated carbocycles. The number of nitrogens with one attached hydrogen (secondary N) is 1. The van der Waals surface area contributed by atoms with E-state index in [1.54, 1.807) is 3.82 Å². The van der Waals surface area contributed by atoms with Gasteiger partial charge >= 0.3 is 0 Å². The average Bonchev–Trinajstić information content (AvgIpc) is 1.87. The molecule has 1 rings (SSSR count). The molecule has 0 unspecified atom stereocenters. The van der Waals surface area contributed by atoms with Gasteiger partial charge in [0.2, 0.25) is 0 Å². The van der Waals surface area contributed by atoms with Gasteiger partial charge in [-0.15, -0.1) is 3.82 Å². The van der Waals surface area contributed by atoms with Crippen molar-refractivity contribution in [3.63, 3.8) is 0 Å². The molecular formula is C3H6N2S2. The maximum atomic E-state index is 3.98. The van der Waals surface area contributed by atoms with Gasteiger partial charge in [-0.2, -0.15) is 0 Å². The summed E-state index contributed by atoms with van der Waals surface area (Å²) in [7, 11) is 0. The van der Waals surface area contributed by atoms with Crippen molar-refractivity contribution in [1.29, 1.82) is 0 Å². The minimum atomic E-state index is 1.14. The van der Waals surface area contributed by atoms with Crippen LogP contribution >= 0.6 is 24.8 Å². The summed E-state index contributed by atoms with van der Waals surface area (Å²) in [5.41, 5.74) is 4.08. The molecule has 0 amide bonds. The molecule has 0 spiro atoms. The maximum Gasteiger partial charge on any atom is 0.0328 e. The normalized spacial score (nSPS) is 21.7. The number of rotatable bonds is 0. The van der Waals surface area contributed by atoms with Crippen LogP contribution < -0.4 is 5.43 Å². The Morgan fingerprint density at radius 1 is 2.00 bits per heavy atom. The fourth-order valence-corrected chi connectivity index (χ4v) is 1.14. The van der Waals surface area contributed by atoms with Gasteiger partial charge in [0, 0.05) is 11.1 Å². The second-order valence-corrected chi connectivity index (χ2v) is 2.77. The molecule has 0 aromatic carbocycles. The number of allylic oxidation sites excluding steroid dienone is 1. The van der Waals surface area contributed by atoms with Crippen LogP contribution in [-0.4, -0.2) is 3.82 Å². The summed E-state index contributed by atoms with van der Waals surface area (Å²) < 4.78 is 1.65. The van der Waals surface area contributed by atoms with Crippen molar-refractivity contribution in [2.24, 2.45) is 0 Å². The van der Waals surface area contributed by atoms with Crippen LogP contribution in [0.15, 0.2) is 11.1 Å². The van der Waals surface area contributed by atoms with Gasteiger partial charge in [0.25, 0.3) is 0 Å². The summed E-state index contributed by atoms with van der Waals surface area (Å²) in [6, 6.07) is 0. The topological polar surface area (TPSA) is 15.3 Å². The van der Waals surface area contributed by atoms with Crippen molar-refractivity contribution >= 4 is 24.8 Å². The molecule has 0 bridgehead atoms. The van der Waals surface area contributed by atoms with E-state index in [2.05, 4.69) is 18.2 Å².